The molecular weight excluding hydrogens is 414 g/mol. The average molecular weight is 450 g/mol. The molecule has 2 aromatic rings. The number of hydrogen-bond donors (Lipinski definition) is 0. The van der Waals surface area contributed by atoms with Crippen molar-refractivity contribution in [1.29, 1.82) is 15.8 Å². The van der Waals surface area contributed by atoms with Gasteiger partial charge in [0.1, 0.15) is 12.1 Å². The van der Waals surface area contributed by atoms with Crippen molar-refractivity contribution in [3.63, 3.8) is 0 Å². The minimum Gasteiger partial charge on any atom is -0.192 e. The van der Waals surface area contributed by atoms with Crippen LogP contribution in [0.4, 0.5) is 0 Å². The zero-order valence-corrected chi connectivity index (χ0v) is 20.7. The molecule has 0 heterocycles. The average Bonchev–Trinajstić information content (AvgIpc) is 2.89. The van der Waals surface area contributed by atoms with Gasteiger partial charge in [-0.2, -0.15) is 15.8 Å². The van der Waals surface area contributed by atoms with Crippen LogP contribution in [0.15, 0.2) is 30.3 Å². The molecule has 2 aromatic carbocycles. The first-order chi connectivity index (χ1) is 16.5. The Morgan fingerprint density at radius 1 is 0.765 bits per heavy atom. The Bertz CT molecular complexity index is 1160. The van der Waals surface area contributed by atoms with Crippen LogP contribution in [0.3, 0.4) is 0 Å². The van der Waals surface area contributed by atoms with Crippen molar-refractivity contribution in [2.75, 3.05) is 0 Å². The topological polar surface area (TPSA) is 71.4 Å². The summed E-state index contributed by atoms with van der Waals surface area (Å²) in [6, 6.07) is 17.1. The van der Waals surface area contributed by atoms with Crippen LogP contribution in [0.2, 0.25) is 0 Å². The highest BCUT2D eigenvalue weighted by molar-refractivity contribution is 5.76. The molecule has 0 N–H and O–H groups in total. The summed E-state index contributed by atoms with van der Waals surface area (Å²) in [7, 11) is 0. The van der Waals surface area contributed by atoms with Gasteiger partial charge in [0.05, 0.1) is 22.8 Å². The largest absolute Gasteiger partial charge is 0.192 e. The van der Waals surface area contributed by atoms with Crippen LogP contribution in [-0.2, 0) is 11.8 Å². The third-order valence-corrected chi connectivity index (χ3v) is 8.77. The quantitative estimate of drug-likeness (QED) is 0.382. The molecule has 3 nitrogen and oxygen atoms in total. The number of aryl methyl sites for hydroxylation is 1. The lowest BCUT2D eigenvalue weighted by Gasteiger charge is -2.54. The van der Waals surface area contributed by atoms with E-state index >= 15 is 0 Å². The number of fused-ring (bicyclic) bond motifs is 3. The van der Waals surface area contributed by atoms with Gasteiger partial charge in [-0.25, -0.2) is 0 Å². The molecule has 0 unspecified atom stereocenters. The first-order valence-electron chi connectivity index (χ1n) is 13.1. The van der Waals surface area contributed by atoms with Crippen molar-refractivity contribution in [3.8, 4) is 29.3 Å². The molecule has 5 rings (SSSR count). The van der Waals surface area contributed by atoms with Crippen molar-refractivity contribution in [3.05, 3.63) is 58.1 Å². The number of nitriles is 3. The molecular formula is C31H35N3. The molecule has 3 heteroatoms. The van der Waals surface area contributed by atoms with Crippen molar-refractivity contribution < 1.29 is 0 Å². The van der Waals surface area contributed by atoms with Crippen LogP contribution in [0.1, 0.15) is 112 Å². The summed E-state index contributed by atoms with van der Waals surface area (Å²) >= 11 is 0. The smallest absolute Gasteiger partial charge is 0.101 e. The Balaban J connectivity index is 1.69. The second-order valence-corrected chi connectivity index (χ2v) is 10.6. The molecule has 0 spiro atoms. The molecule has 3 aliphatic rings. The summed E-state index contributed by atoms with van der Waals surface area (Å²) in [4.78, 5) is 0. The maximum Gasteiger partial charge on any atom is 0.101 e. The standard InChI is InChI=1S/C31H35N3/c1-3-5-6-12-30-13-16-31(17-14-30,18-15-30)29-11-10-26(27(21-33)28(29)22-34)24-9-8-23(7-4-2)25(19-24)20-32/h8-11,19H,3-7,12-18H2,1-2H3. The van der Waals surface area contributed by atoms with Gasteiger partial charge in [0, 0.05) is 5.56 Å². The van der Waals surface area contributed by atoms with Gasteiger partial charge >= 0.3 is 0 Å². The van der Waals surface area contributed by atoms with Gasteiger partial charge in [-0.3, -0.25) is 0 Å². The summed E-state index contributed by atoms with van der Waals surface area (Å²) in [6.07, 6.45) is 14.2. The Hall–Kier alpha value is -3.09. The lowest BCUT2D eigenvalue weighted by atomic mass is 9.50. The lowest BCUT2D eigenvalue weighted by molar-refractivity contribution is 0.0304. The first kappa shape index (κ1) is 24.0. The number of rotatable bonds is 8. The Morgan fingerprint density at radius 3 is 2.06 bits per heavy atom. The monoisotopic (exact) mass is 449 g/mol. The van der Waals surface area contributed by atoms with Gasteiger partial charge in [-0.05, 0) is 85.0 Å². The normalized spacial score (nSPS) is 23.1. The molecule has 0 saturated heterocycles. The molecule has 0 amide bonds. The van der Waals surface area contributed by atoms with Gasteiger partial charge in [0.25, 0.3) is 0 Å². The molecule has 0 radical (unpaired) electrons. The van der Waals surface area contributed by atoms with Gasteiger partial charge in [-0.15, -0.1) is 0 Å². The molecule has 0 aromatic heterocycles. The van der Waals surface area contributed by atoms with Gasteiger partial charge in [0.2, 0.25) is 0 Å². The van der Waals surface area contributed by atoms with Gasteiger partial charge in [-0.1, -0.05) is 63.8 Å². The van der Waals surface area contributed by atoms with Crippen LogP contribution in [-0.4, -0.2) is 0 Å². The number of unbranched alkanes of at least 4 members (excludes halogenated alkanes) is 2. The summed E-state index contributed by atoms with van der Waals surface area (Å²) in [5, 5.41) is 30.0. The van der Waals surface area contributed by atoms with E-state index in [0.29, 0.717) is 22.1 Å². The molecule has 3 saturated carbocycles. The van der Waals surface area contributed by atoms with E-state index in [0.717, 1.165) is 54.4 Å². The third-order valence-electron chi connectivity index (χ3n) is 8.77. The van der Waals surface area contributed by atoms with Crippen molar-refractivity contribution >= 4 is 0 Å². The second kappa shape index (κ2) is 10.0. The van der Waals surface area contributed by atoms with Crippen LogP contribution >= 0.6 is 0 Å². The van der Waals surface area contributed by atoms with Crippen molar-refractivity contribution in [2.24, 2.45) is 5.41 Å². The lowest BCUT2D eigenvalue weighted by Crippen LogP contribution is -2.44. The van der Waals surface area contributed by atoms with Gasteiger partial charge < -0.3 is 0 Å². The molecule has 3 aliphatic carbocycles. The molecule has 0 atom stereocenters. The molecule has 34 heavy (non-hydrogen) atoms. The number of benzene rings is 2. The highest BCUT2D eigenvalue weighted by Gasteiger charge is 2.49. The zero-order chi connectivity index (χ0) is 24.2. The summed E-state index contributed by atoms with van der Waals surface area (Å²) in [5.41, 5.74) is 5.94. The molecule has 0 aliphatic heterocycles. The molecule has 2 bridgehead atoms. The summed E-state index contributed by atoms with van der Waals surface area (Å²) in [6.45, 7) is 4.37. The van der Waals surface area contributed by atoms with Crippen LogP contribution < -0.4 is 0 Å². The van der Waals surface area contributed by atoms with E-state index in [2.05, 4.69) is 38.1 Å². The van der Waals surface area contributed by atoms with Crippen LogP contribution in [0.5, 0.6) is 0 Å². The predicted molar refractivity (Wildman–Crippen MR) is 136 cm³/mol. The highest BCUT2D eigenvalue weighted by atomic mass is 14.5. The van der Waals surface area contributed by atoms with E-state index in [1.54, 1.807) is 0 Å². The van der Waals surface area contributed by atoms with E-state index in [9.17, 15) is 15.8 Å². The number of hydrogen-bond acceptors (Lipinski definition) is 3. The first-order valence-corrected chi connectivity index (χ1v) is 13.1. The summed E-state index contributed by atoms with van der Waals surface area (Å²) < 4.78 is 0. The minimum atomic E-state index is 0.0322. The molecule has 174 valence electrons. The van der Waals surface area contributed by atoms with E-state index < -0.39 is 0 Å². The van der Waals surface area contributed by atoms with E-state index in [-0.39, 0.29) is 5.41 Å². The van der Waals surface area contributed by atoms with Crippen LogP contribution in [0.25, 0.3) is 11.1 Å². The SMILES string of the molecule is CCCCCC12CCC(c3ccc(-c4ccc(CCC)c(C#N)c4)c(C#N)c3C#N)(CC1)CC2. The second-order valence-electron chi connectivity index (χ2n) is 10.6. The molecule has 3 fully saturated rings. The van der Waals surface area contributed by atoms with E-state index in [1.165, 1.54) is 44.9 Å². The fourth-order valence-corrected chi connectivity index (χ4v) is 6.65. The fourth-order valence-electron chi connectivity index (χ4n) is 6.65. The van der Waals surface area contributed by atoms with Crippen molar-refractivity contribution in [2.45, 2.75) is 96.3 Å². The van der Waals surface area contributed by atoms with Crippen molar-refractivity contribution in [1.82, 2.24) is 0 Å². The van der Waals surface area contributed by atoms with Crippen LogP contribution in [0, 0.1) is 39.4 Å². The van der Waals surface area contributed by atoms with E-state index in [4.69, 9.17) is 0 Å². The fraction of sp³-hybridized carbons (Fsp3) is 0.516. The maximum atomic E-state index is 10.2. The third kappa shape index (κ3) is 4.24. The Kier molecular flexibility index (Phi) is 7.10. The van der Waals surface area contributed by atoms with Gasteiger partial charge in [0.15, 0.2) is 0 Å². The maximum absolute atomic E-state index is 10.2. The number of nitrogens with zero attached hydrogens (tertiary/aromatic N) is 3. The predicted octanol–water partition coefficient (Wildman–Crippen LogP) is 8.09. The zero-order valence-electron chi connectivity index (χ0n) is 20.7. The Morgan fingerprint density at radius 2 is 1.47 bits per heavy atom. The minimum absolute atomic E-state index is 0.0322. The summed E-state index contributed by atoms with van der Waals surface area (Å²) in [5.74, 6) is 0. The highest BCUT2D eigenvalue weighted by Crippen LogP contribution is 2.60. The Labute approximate surface area is 205 Å². The van der Waals surface area contributed by atoms with E-state index in [1.807, 2.05) is 24.3 Å².